The quantitative estimate of drug-likeness (QED) is 0.407. The van der Waals surface area contributed by atoms with E-state index in [1.54, 1.807) is 13.2 Å². The number of ether oxygens (including phenoxy) is 5. The lowest BCUT2D eigenvalue weighted by Crippen LogP contribution is -2.54. The number of aliphatic carboxylic acids is 1. The lowest BCUT2D eigenvalue weighted by atomic mass is 9.84. The minimum absolute atomic E-state index is 0.0612. The molecule has 0 aliphatic carbocycles. The second kappa shape index (κ2) is 11.4. The van der Waals surface area contributed by atoms with Crippen molar-refractivity contribution in [2.24, 2.45) is 11.8 Å². The van der Waals surface area contributed by atoms with Gasteiger partial charge in [-0.3, -0.25) is 0 Å². The third-order valence-corrected chi connectivity index (χ3v) is 6.46. The number of methoxy groups -OCH3 is 1. The molecular formula is C25H36O7. The molecule has 3 rings (SSSR count). The number of carboxylic acids is 1. The summed E-state index contributed by atoms with van der Waals surface area (Å²) in [7, 11) is 1.56. The first-order valence-electron chi connectivity index (χ1n) is 11.4. The Morgan fingerprint density at radius 1 is 1.25 bits per heavy atom. The largest absolute Gasteiger partial charge is 0.479 e. The topological polar surface area (TPSA) is 83.5 Å². The minimum atomic E-state index is -1.42. The van der Waals surface area contributed by atoms with Crippen molar-refractivity contribution in [2.45, 2.75) is 70.2 Å². The highest BCUT2D eigenvalue weighted by Gasteiger charge is 2.57. The molecular weight excluding hydrogens is 412 g/mol. The van der Waals surface area contributed by atoms with Gasteiger partial charge in [0.15, 0.2) is 5.60 Å². The second-order valence-electron chi connectivity index (χ2n) is 8.81. The van der Waals surface area contributed by atoms with Crippen molar-refractivity contribution in [2.75, 3.05) is 20.5 Å². The van der Waals surface area contributed by atoms with Gasteiger partial charge < -0.3 is 28.8 Å². The van der Waals surface area contributed by atoms with Crippen LogP contribution in [0.4, 0.5) is 0 Å². The molecule has 1 aromatic carbocycles. The Hall–Kier alpha value is -1.77. The van der Waals surface area contributed by atoms with Crippen LogP contribution in [0.25, 0.3) is 0 Å². The molecule has 0 amide bonds. The Kier molecular flexibility index (Phi) is 8.85. The van der Waals surface area contributed by atoms with Gasteiger partial charge in [-0.15, -0.1) is 0 Å². The van der Waals surface area contributed by atoms with Crippen molar-refractivity contribution >= 4 is 5.97 Å². The van der Waals surface area contributed by atoms with Gasteiger partial charge in [-0.2, -0.15) is 0 Å². The summed E-state index contributed by atoms with van der Waals surface area (Å²) < 4.78 is 29.0. The summed E-state index contributed by atoms with van der Waals surface area (Å²) in [6.07, 6.45) is 3.32. The van der Waals surface area contributed by atoms with Gasteiger partial charge in [-0.05, 0) is 31.2 Å². The summed E-state index contributed by atoms with van der Waals surface area (Å²) in [5, 5.41) is 10.2. The Labute approximate surface area is 190 Å². The summed E-state index contributed by atoms with van der Waals surface area (Å²) in [4.78, 5) is 12.5. The smallest absolute Gasteiger partial charge is 0.339 e. The van der Waals surface area contributed by atoms with Gasteiger partial charge in [0.05, 0.1) is 25.4 Å². The Morgan fingerprint density at radius 2 is 2.00 bits per heavy atom. The summed E-state index contributed by atoms with van der Waals surface area (Å²) in [5.74, 6) is -0.839. The normalized spacial score (nSPS) is 33.3. The van der Waals surface area contributed by atoms with Crippen LogP contribution in [0.15, 0.2) is 42.5 Å². The van der Waals surface area contributed by atoms with Gasteiger partial charge in [-0.25, -0.2) is 4.79 Å². The average molecular weight is 449 g/mol. The first-order chi connectivity index (χ1) is 15.4. The summed E-state index contributed by atoms with van der Waals surface area (Å²) in [6, 6.07) is 10.0. The van der Waals surface area contributed by atoms with Crippen molar-refractivity contribution in [3.63, 3.8) is 0 Å². The van der Waals surface area contributed by atoms with Crippen LogP contribution in [0.3, 0.4) is 0 Å². The zero-order valence-electron chi connectivity index (χ0n) is 19.4. The monoisotopic (exact) mass is 448 g/mol. The van der Waals surface area contributed by atoms with E-state index in [9.17, 15) is 9.90 Å². The number of benzene rings is 1. The van der Waals surface area contributed by atoms with Gasteiger partial charge in [0.25, 0.3) is 0 Å². The van der Waals surface area contributed by atoms with E-state index in [0.29, 0.717) is 19.6 Å². The lowest BCUT2D eigenvalue weighted by Gasteiger charge is -2.38. The maximum absolute atomic E-state index is 12.5. The SMILES string of the molecule is CC[C@H](COCc1ccccc1)[C@H]1O[C@](C(=O)O)([C@H]2C=C[C@H](OCOC)[C@H](C)O2)C[C@@H]1C. The number of carbonyl (C=O) groups is 1. The predicted molar refractivity (Wildman–Crippen MR) is 119 cm³/mol. The van der Waals surface area contributed by atoms with E-state index in [0.717, 1.165) is 12.0 Å². The van der Waals surface area contributed by atoms with E-state index >= 15 is 0 Å². The van der Waals surface area contributed by atoms with Gasteiger partial charge in [-0.1, -0.05) is 56.3 Å². The lowest BCUT2D eigenvalue weighted by molar-refractivity contribution is -0.201. The average Bonchev–Trinajstić information content (AvgIpc) is 3.15. The first-order valence-corrected chi connectivity index (χ1v) is 11.4. The molecule has 2 heterocycles. The molecule has 1 saturated heterocycles. The highest BCUT2D eigenvalue weighted by Crippen LogP contribution is 2.44. The van der Waals surface area contributed by atoms with Crippen LogP contribution in [0.5, 0.6) is 0 Å². The molecule has 0 bridgehead atoms. The van der Waals surface area contributed by atoms with Crippen LogP contribution in [0.1, 0.15) is 39.2 Å². The van der Waals surface area contributed by atoms with Crippen molar-refractivity contribution in [3.05, 3.63) is 48.0 Å². The fourth-order valence-corrected chi connectivity index (χ4v) is 4.68. The molecule has 1 N–H and O–H groups in total. The van der Waals surface area contributed by atoms with E-state index in [1.807, 2.05) is 43.3 Å². The molecule has 7 nitrogen and oxygen atoms in total. The minimum Gasteiger partial charge on any atom is -0.479 e. The Balaban J connectivity index is 1.68. The fourth-order valence-electron chi connectivity index (χ4n) is 4.68. The van der Waals surface area contributed by atoms with Crippen molar-refractivity contribution in [3.8, 4) is 0 Å². The van der Waals surface area contributed by atoms with Gasteiger partial charge >= 0.3 is 5.97 Å². The third-order valence-electron chi connectivity index (χ3n) is 6.46. The molecule has 2 aliphatic heterocycles. The van der Waals surface area contributed by atoms with E-state index in [1.165, 1.54) is 0 Å². The highest BCUT2D eigenvalue weighted by molar-refractivity contribution is 5.79. The highest BCUT2D eigenvalue weighted by atomic mass is 16.7. The molecule has 0 aromatic heterocycles. The molecule has 1 fully saturated rings. The van der Waals surface area contributed by atoms with Crippen LogP contribution in [0.2, 0.25) is 0 Å². The molecule has 7 heteroatoms. The van der Waals surface area contributed by atoms with Crippen LogP contribution in [0, 0.1) is 11.8 Å². The van der Waals surface area contributed by atoms with Crippen LogP contribution in [-0.4, -0.2) is 61.6 Å². The first kappa shape index (κ1) is 24.9. The van der Waals surface area contributed by atoms with Crippen molar-refractivity contribution in [1.29, 1.82) is 0 Å². The van der Waals surface area contributed by atoms with Gasteiger partial charge in [0.2, 0.25) is 0 Å². The molecule has 7 atom stereocenters. The number of carboxylic acid groups (broad SMARTS) is 1. The van der Waals surface area contributed by atoms with E-state index < -0.39 is 17.7 Å². The third kappa shape index (κ3) is 5.58. The van der Waals surface area contributed by atoms with Crippen LogP contribution >= 0.6 is 0 Å². The molecule has 1 aromatic rings. The van der Waals surface area contributed by atoms with Gasteiger partial charge in [0, 0.05) is 13.0 Å². The predicted octanol–water partition coefficient (Wildman–Crippen LogP) is 3.81. The second-order valence-corrected chi connectivity index (χ2v) is 8.81. The van der Waals surface area contributed by atoms with Gasteiger partial charge in [0.1, 0.15) is 19.0 Å². The standard InChI is InChI=1S/C25H36O7/c1-5-20(15-29-14-19-9-7-6-8-10-19)23-17(2)13-25(32-23,24(26)27)22-12-11-21(18(3)31-22)30-16-28-4/h6-12,17-18,20-23H,5,13-16H2,1-4H3,(H,26,27)/t17-,18-,20+,21-,22+,23-,25-/m0/s1. The molecule has 0 spiro atoms. The summed E-state index contributed by atoms with van der Waals surface area (Å²) in [6.45, 7) is 7.20. The van der Waals surface area contributed by atoms with Crippen LogP contribution < -0.4 is 0 Å². The fraction of sp³-hybridized carbons (Fsp3) is 0.640. The maximum Gasteiger partial charge on any atom is 0.339 e. The Bertz CT molecular complexity index is 752. The zero-order valence-corrected chi connectivity index (χ0v) is 19.4. The van der Waals surface area contributed by atoms with Crippen molar-refractivity contribution in [1.82, 2.24) is 0 Å². The van der Waals surface area contributed by atoms with E-state index in [2.05, 4.69) is 13.8 Å². The zero-order chi connectivity index (χ0) is 23.1. The van der Waals surface area contributed by atoms with Crippen molar-refractivity contribution < 1.29 is 33.6 Å². The molecule has 0 saturated carbocycles. The summed E-state index contributed by atoms with van der Waals surface area (Å²) >= 11 is 0. The summed E-state index contributed by atoms with van der Waals surface area (Å²) in [5.41, 5.74) is -0.309. The molecule has 0 unspecified atom stereocenters. The van der Waals surface area contributed by atoms with Crippen LogP contribution in [-0.2, 0) is 35.1 Å². The molecule has 32 heavy (non-hydrogen) atoms. The maximum atomic E-state index is 12.5. The molecule has 178 valence electrons. The molecule has 0 radical (unpaired) electrons. The number of rotatable bonds is 11. The molecule has 2 aliphatic rings. The van der Waals surface area contributed by atoms with E-state index in [-0.39, 0.29) is 36.9 Å². The number of hydrogen-bond donors (Lipinski definition) is 1. The Morgan fingerprint density at radius 3 is 2.62 bits per heavy atom. The number of hydrogen-bond acceptors (Lipinski definition) is 6. The van der Waals surface area contributed by atoms with E-state index in [4.69, 9.17) is 23.7 Å².